The van der Waals surface area contributed by atoms with Crippen molar-refractivity contribution in [3.05, 3.63) is 54.1 Å². The Morgan fingerprint density at radius 2 is 1.57 bits per heavy atom. The molecule has 0 spiro atoms. The maximum Gasteiger partial charge on any atom is 0.303 e. The zero-order valence-corrected chi connectivity index (χ0v) is 25.2. The molecule has 0 aliphatic heterocycles. The monoisotopic (exact) mass is 584 g/mol. The van der Waals surface area contributed by atoms with E-state index < -0.39 is 70.3 Å². The van der Waals surface area contributed by atoms with Gasteiger partial charge in [-0.15, -0.1) is 0 Å². The van der Waals surface area contributed by atoms with Crippen molar-refractivity contribution in [3.8, 4) is 5.75 Å². The van der Waals surface area contributed by atoms with E-state index in [2.05, 4.69) is 6.58 Å². The number of rotatable bonds is 5. The van der Waals surface area contributed by atoms with Gasteiger partial charge in [0.15, 0.2) is 23.6 Å². The average molecular weight is 585 g/mol. The van der Waals surface area contributed by atoms with Gasteiger partial charge in [-0.25, -0.2) is 0 Å². The molecule has 0 heterocycles. The van der Waals surface area contributed by atoms with E-state index in [1.807, 2.05) is 0 Å². The number of fused-ring (bicyclic) bond motifs is 1. The van der Waals surface area contributed by atoms with E-state index in [-0.39, 0.29) is 30.4 Å². The SMILES string of the molecule is C=C1CC(OC(C)=O)C(=O)C(C)(C)CC=C(C)C(=O)C2(OC(C)=O)C[C@H](C)[C@H](Oc3ccccc3)[C@]2(O)[C@H]1OC(C)=O. The standard InChI is InChI=1S/C32H40O10/c1-18-14-15-30(7,8)27(37)25(39-21(4)33)16-19(2)28(40-22(5)34)32(38)29(41-24-12-10-9-11-13-24)20(3)17-31(32,26(18)36)42-23(6)35/h9-14,20,25,28-29,38H,2,15-17H2,1,3-8H3/t20-,25?,28-,29-,31?,32+/m0/s1. The third kappa shape index (κ3) is 6.18. The molecule has 6 atom stereocenters. The molecule has 2 aliphatic rings. The molecule has 10 nitrogen and oxygen atoms in total. The molecule has 1 aromatic rings. The minimum atomic E-state index is -2.53. The van der Waals surface area contributed by atoms with Crippen LogP contribution in [-0.2, 0) is 38.2 Å². The highest BCUT2D eigenvalue weighted by Gasteiger charge is 2.74. The van der Waals surface area contributed by atoms with Crippen molar-refractivity contribution in [2.24, 2.45) is 11.3 Å². The van der Waals surface area contributed by atoms with Crippen molar-refractivity contribution in [1.82, 2.24) is 0 Å². The first-order valence-electron chi connectivity index (χ1n) is 13.9. The molecule has 1 N–H and O–H groups in total. The van der Waals surface area contributed by atoms with E-state index >= 15 is 0 Å². The molecule has 1 saturated carbocycles. The number of carbonyl (C=O) groups excluding carboxylic acids is 5. The van der Waals surface area contributed by atoms with E-state index in [1.54, 1.807) is 51.1 Å². The predicted molar refractivity (Wildman–Crippen MR) is 151 cm³/mol. The Kier molecular flexibility index (Phi) is 9.51. The van der Waals surface area contributed by atoms with Crippen LogP contribution in [0.3, 0.4) is 0 Å². The molecule has 228 valence electrons. The Bertz CT molecular complexity index is 1300. The number of ether oxygens (including phenoxy) is 4. The Balaban J connectivity index is 2.38. The van der Waals surface area contributed by atoms with Gasteiger partial charge in [-0.2, -0.15) is 0 Å². The Morgan fingerprint density at radius 1 is 0.976 bits per heavy atom. The van der Waals surface area contributed by atoms with Crippen LogP contribution in [0.15, 0.2) is 54.1 Å². The lowest BCUT2D eigenvalue weighted by atomic mass is 9.70. The van der Waals surface area contributed by atoms with Crippen molar-refractivity contribution in [2.75, 3.05) is 0 Å². The summed E-state index contributed by atoms with van der Waals surface area (Å²) in [6.07, 6.45) is -3.24. The smallest absolute Gasteiger partial charge is 0.303 e. The number of allylic oxidation sites excluding steroid dienone is 1. The quantitative estimate of drug-likeness (QED) is 0.308. The van der Waals surface area contributed by atoms with Gasteiger partial charge in [0.2, 0.25) is 11.4 Å². The van der Waals surface area contributed by atoms with Crippen molar-refractivity contribution < 1.29 is 48.0 Å². The van der Waals surface area contributed by atoms with Crippen molar-refractivity contribution in [2.45, 2.75) is 97.2 Å². The van der Waals surface area contributed by atoms with Crippen LogP contribution in [0.2, 0.25) is 0 Å². The number of esters is 3. The van der Waals surface area contributed by atoms with Gasteiger partial charge in [0.25, 0.3) is 0 Å². The number of carbonyl (C=O) groups is 5. The highest BCUT2D eigenvalue weighted by atomic mass is 16.6. The fourth-order valence-electron chi connectivity index (χ4n) is 6.03. The van der Waals surface area contributed by atoms with E-state index in [4.69, 9.17) is 18.9 Å². The fourth-order valence-corrected chi connectivity index (χ4v) is 6.03. The van der Waals surface area contributed by atoms with Crippen LogP contribution in [0.5, 0.6) is 5.75 Å². The molecule has 42 heavy (non-hydrogen) atoms. The minimum absolute atomic E-state index is 0.0367. The van der Waals surface area contributed by atoms with Gasteiger partial charge in [-0.3, -0.25) is 24.0 Å². The summed E-state index contributed by atoms with van der Waals surface area (Å²) in [5, 5.41) is 12.9. The van der Waals surface area contributed by atoms with Gasteiger partial charge in [-0.1, -0.05) is 51.6 Å². The van der Waals surface area contributed by atoms with Crippen LogP contribution in [-0.4, -0.2) is 64.1 Å². The highest BCUT2D eigenvalue weighted by molar-refractivity contribution is 6.04. The lowest BCUT2D eigenvalue weighted by Gasteiger charge is -2.47. The summed E-state index contributed by atoms with van der Waals surface area (Å²) in [4.78, 5) is 65.3. The maximum atomic E-state index is 14.4. The van der Waals surface area contributed by atoms with Crippen LogP contribution in [0, 0.1) is 11.3 Å². The second-order valence-electron chi connectivity index (χ2n) is 11.9. The van der Waals surface area contributed by atoms with Gasteiger partial charge in [0.1, 0.15) is 11.9 Å². The third-order valence-electron chi connectivity index (χ3n) is 7.94. The summed E-state index contributed by atoms with van der Waals surface area (Å²) >= 11 is 0. The molecular formula is C32H40O10. The van der Waals surface area contributed by atoms with Crippen LogP contribution in [0.1, 0.15) is 67.7 Å². The second kappa shape index (κ2) is 12.2. The number of ketones is 2. The number of hydrogen-bond donors (Lipinski definition) is 1. The van der Waals surface area contributed by atoms with E-state index in [9.17, 15) is 29.1 Å². The summed E-state index contributed by atoms with van der Waals surface area (Å²) in [6.45, 7) is 13.9. The highest BCUT2D eigenvalue weighted by Crippen LogP contribution is 2.53. The molecule has 10 heteroatoms. The Morgan fingerprint density at radius 3 is 2.12 bits per heavy atom. The molecule has 2 aliphatic carbocycles. The number of aliphatic hydroxyl groups is 1. The molecule has 0 amide bonds. The van der Waals surface area contributed by atoms with Gasteiger partial charge in [-0.05, 0) is 36.6 Å². The van der Waals surface area contributed by atoms with Gasteiger partial charge < -0.3 is 24.1 Å². The first-order chi connectivity index (χ1) is 19.5. The molecule has 0 bridgehead atoms. The molecule has 0 radical (unpaired) electrons. The summed E-state index contributed by atoms with van der Waals surface area (Å²) in [7, 11) is 0. The third-order valence-corrected chi connectivity index (χ3v) is 7.94. The van der Waals surface area contributed by atoms with Crippen LogP contribution in [0.25, 0.3) is 0 Å². The number of para-hydroxylation sites is 1. The fraction of sp³-hybridized carbons (Fsp3) is 0.531. The number of hydrogen-bond acceptors (Lipinski definition) is 10. The summed E-state index contributed by atoms with van der Waals surface area (Å²) < 4.78 is 23.2. The summed E-state index contributed by atoms with van der Waals surface area (Å²) in [6, 6.07) is 8.51. The lowest BCUT2D eigenvalue weighted by molar-refractivity contribution is -0.226. The number of benzene rings is 1. The second-order valence-corrected chi connectivity index (χ2v) is 11.9. The average Bonchev–Trinajstić information content (AvgIpc) is 3.10. The Labute approximate surface area is 246 Å². The van der Waals surface area contributed by atoms with Crippen LogP contribution in [0.4, 0.5) is 0 Å². The molecule has 0 saturated heterocycles. The van der Waals surface area contributed by atoms with Crippen molar-refractivity contribution in [1.29, 1.82) is 0 Å². The zero-order valence-electron chi connectivity index (χ0n) is 25.2. The molecule has 0 aromatic heterocycles. The van der Waals surface area contributed by atoms with E-state index in [0.717, 1.165) is 20.8 Å². The molecule has 2 unspecified atom stereocenters. The predicted octanol–water partition coefficient (Wildman–Crippen LogP) is 3.83. The van der Waals surface area contributed by atoms with Crippen LogP contribution >= 0.6 is 0 Å². The normalized spacial score (nSPS) is 31.5. The largest absolute Gasteiger partial charge is 0.487 e. The topological polar surface area (TPSA) is 143 Å². The maximum absolute atomic E-state index is 14.4. The van der Waals surface area contributed by atoms with Crippen LogP contribution < -0.4 is 4.74 Å². The summed E-state index contributed by atoms with van der Waals surface area (Å²) in [5.41, 5.74) is -5.82. The summed E-state index contributed by atoms with van der Waals surface area (Å²) in [5.74, 6) is -3.87. The minimum Gasteiger partial charge on any atom is -0.487 e. The van der Waals surface area contributed by atoms with Gasteiger partial charge in [0, 0.05) is 44.9 Å². The molecular weight excluding hydrogens is 544 g/mol. The van der Waals surface area contributed by atoms with E-state index in [1.165, 1.54) is 13.0 Å². The van der Waals surface area contributed by atoms with Crippen molar-refractivity contribution in [3.63, 3.8) is 0 Å². The first-order valence-corrected chi connectivity index (χ1v) is 13.9. The number of Topliss-reactive ketones (excluding diaryl/α,β-unsaturated/α-hetero) is 2. The first kappa shape index (κ1) is 32.7. The van der Waals surface area contributed by atoms with E-state index in [0.29, 0.717) is 5.75 Å². The molecule has 3 rings (SSSR count). The van der Waals surface area contributed by atoms with Gasteiger partial charge in [0.05, 0.1) is 0 Å². The van der Waals surface area contributed by atoms with Gasteiger partial charge >= 0.3 is 17.9 Å². The lowest BCUT2D eigenvalue weighted by Crippen LogP contribution is -2.70. The zero-order chi connectivity index (χ0) is 31.6. The molecule has 1 aromatic carbocycles. The van der Waals surface area contributed by atoms with Crippen molar-refractivity contribution >= 4 is 29.5 Å². The Hall–Kier alpha value is -3.79. The molecule has 1 fully saturated rings.